The average Bonchev–Trinajstić information content (AvgIpc) is 2.47. The van der Waals surface area contributed by atoms with Gasteiger partial charge >= 0.3 is 0 Å². The van der Waals surface area contributed by atoms with E-state index in [1.807, 2.05) is 19.1 Å². The number of hydrogen-bond donors (Lipinski definition) is 1. The van der Waals surface area contributed by atoms with Crippen molar-refractivity contribution in [3.63, 3.8) is 0 Å². The molecule has 1 aromatic carbocycles. The van der Waals surface area contributed by atoms with Crippen LogP contribution in [0, 0.1) is 5.92 Å². The molecule has 0 amide bonds. The van der Waals surface area contributed by atoms with E-state index in [1.54, 1.807) is 0 Å². The summed E-state index contributed by atoms with van der Waals surface area (Å²) in [4.78, 5) is 0. The minimum Gasteiger partial charge on any atom is -0.309 e. The van der Waals surface area contributed by atoms with Crippen molar-refractivity contribution < 1.29 is 8.42 Å². The van der Waals surface area contributed by atoms with Gasteiger partial charge in [-0.15, -0.1) is 0 Å². The van der Waals surface area contributed by atoms with Gasteiger partial charge in [0.1, 0.15) is 0 Å². The summed E-state index contributed by atoms with van der Waals surface area (Å²) < 4.78 is 23.9. The first-order valence-corrected chi connectivity index (χ1v) is 8.35. The first-order valence-electron chi connectivity index (χ1n) is 6.53. The Morgan fingerprint density at radius 1 is 1.22 bits per heavy atom. The summed E-state index contributed by atoms with van der Waals surface area (Å²) >= 11 is 0. The maximum absolute atomic E-state index is 11.9. The van der Waals surface area contributed by atoms with E-state index in [4.69, 9.17) is 0 Å². The van der Waals surface area contributed by atoms with Gasteiger partial charge in [0.15, 0.2) is 9.84 Å². The summed E-state index contributed by atoms with van der Waals surface area (Å²) in [5.41, 5.74) is 2.36. The topological polar surface area (TPSA) is 46.2 Å². The highest BCUT2D eigenvalue weighted by Gasteiger charge is 2.26. The highest BCUT2D eigenvalue weighted by Crippen LogP contribution is 2.20. The predicted octanol–water partition coefficient (Wildman–Crippen LogP) is 1.94. The SMILES string of the molecule is CCc1ccc(C2CS(=O)(=O)CC(C)CN2)cc1. The maximum atomic E-state index is 11.9. The second kappa shape index (κ2) is 5.41. The van der Waals surface area contributed by atoms with E-state index in [0.717, 1.165) is 18.5 Å². The fourth-order valence-corrected chi connectivity index (χ4v) is 4.36. The molecule has 1 saturated heterocycles. The second-order valence-corrected chi connectivity index (χ2v) is 7.39. The van der Waals surface area contributed by atoms with Crippen LogP contribution >= 0.6 is 0 Å². The summed E-state index contributed by atoms with van der Waals surface area (Å²) in [5, 5.41) is 3.36. The molecule has 0 bridgehead atoms. The van der Waals surface area contributed by atoms with Gasteiger partial charge in [-0.05, 0) is 30.0 Å². The third-order valence-electron chi connectivity index (χ3n) is 3.46. The molecular formula is C14H21NO2S. The number of benzene rings is 1. The van der Waals surface area contributed by atoms with Gasteiger partial charge in [0, 0.05) is 6.04 Å². The van der Waals surface area contributed by atoms with Gasteiger partial charge in [-0.2, -0.15) is 0 Å². The number of nitrogens with one attached hydrogen (secondary N) is 1. The maximum Gasteiger partial charge on any atom is 0.152 e. The standard InChI is InChI=1S/C14H21NO2S/c1-3-12-4-6-13(7-5-12)14-10-18(16,17)9-11(2)8-15-14/h4-7,11,14-15H,3,8-10H2,1-2H3. The molecule has 2 unspecified atom stereocenters. The first kappa shape index (κ1) is 13.6. The average molecular weight is 267 g/mol. The molecule has 0 aromatic heterocycles. The molecular weight excluding hydrogens is 246 g/mol. The van der Waals surface area contributed by atoms with E-state index in [2.05, 4.69) is 24.4 Å². The van der Waals surface area contributed by atoms with E-state index in [-0.39, 0.29) is 17.7 Å². The lowest BCUT2D eigenvalue weighted by Gasteiger charge is -2.16. The molecule has 18 heavy (non-hydrogen) atoms. The van der Waals surface area contributed by atoms with Crippen LogP contribution in [0.1, 0.15) is 31.0 Å². The van der Waals surface area contributed by atoms with E-state index >= 15 is 0 Å². The molecule has 3 nitrogen and oxygen atoms in total. The van der Waals surface area contributed by atoms with Crippen LogP contribution in [0.2, 0.25) is 0 Å². The Morgan fingerprint density at radius 3 is 2.50 bits per heavy atom. The van der Waals surface area contributed by atoms with Gasteiger partial charge in [0.05, 0.1) is 11.5 Å². The Hall–Kier alpha value is -0.870. The van der Waals surface area contributed by atoms with Crippen LogP contribution in [0.4, 0.5) is 0 Å². The highest BCUT2D eigenvalue weighted by molar-refractivity contribution is 7.91. The third-order valence-corrected chi connectivity index (χ3v) is 5.38. The van der Waals surface area contributed by atoms with E-state index in [1.165, 1.54) is 5.56 Å². The Balaban J connectivity index is 2.21. The molecule has 0 radical (unpaired) electrons. The molecule has 4 heteroatoms. The predicted molar refractivity (Wildman–Crippen MR) is 74.4 cm³/mol. The lowest BCUT2D eigenvalue weighted by Crippen LogP contribution is -2.26. The molecule has 1 N–H and O–H groups in total. The molecule has 0 aliphatic carbocycles. The first-order chi connectivity index (χ1) is 8.50. The molecule has 2 atom stereocenters. The van der Waals surface area contributed by atoms with Crippen molar-refractivity contribution in [3.8, 4) is 0 Å². The number of hydrogen-bond acceptors (Lipinski definition) is 3. The minimum atomic E-state index is -2.94. The molecule has 1 aromatic rings. The van der Waals surface area contributed by atoms with Crippen molar-refractivity contribution in [1.29, 1.82) is 0 Å². The molecule has 1 aliphatic heterocycles. The molecule has 1 aliphatic rings. The third kappa shape index (κ3) is 3.33. The van der Waals surface area contributed by atoms with Gasteiger partial charge in [0.2, 0.25) is 0 Å². The highest BCUT2D eigenvalue weighted by atomic mass is 32.2. The van der Waals surface area contributed by atoms with Crippen LogP contribution in [0.5, 0.6) is 0 Å². The van der Waals surface area contributed by atoms with Crippen LogP contribution < -0.4 is 5.32 Å². The molecule has 0 saturated carbocycles. The lowest BCUT2D eigenvalue weighted by atomic mass is 10.0. The summed E-state index contributed by atoms with van der Waals surface area (Å²) in [6.07, 6.45) is 1.01. The Bertz CT molecular complexity index is 493. The second-order valence-electron chi connectivity index (χ2n) is 5.24. The Labute approximate surface area is 110 Å². The van der Waals surface area contributed by atoms with Crippen molar-refractivity contribution in [2.75, 3.05) is 18.1 Å². The quantitative estimate of drug-likeness (QED) is 0.891. The van der Waals surface area contributed by atoms with Crippen molar-refractivity contribution in [2.24, 2.45) is 5.92 Å². The number of aryl methyl sites for hydroxylation is 1. The molecule has 2 rings (SSSR count). The van der Waals surface area contributed by atoms with E-state index < -0.39 is 9.84 Å². The summed E-state index contributed by atoms with van der Waals surface area (Å²) in [6.45, 7) is 4.86. The lowest BCUT2D eigenvalue weighted by molar-refractivity contribution is 0.517. The van der Waals surface area contributed by atoms with Crippen molar-refractivity contribution in [1.82, 2.24) is 5.32 Å². The minimum absolute atomic E-state index is 0.0640. The molecule has 100 valence electrons. The number of rotatable bonds is 2. The van der Waals surface area contributed by atoms with E-state index in [9.17, 15) is 8.42 Å². The van der Waals surface area contributed by atoms with Crippen molar-refractivity contribution in [3.05, 3.63) is 35.4 Å². The normalized spacial score (nSPS) is 27.7. The van der Waals surface area contributed by atoms with E-state index in [0.29, 0.717) is 5.75 Å². The monoisotopic (exact) mass is 267 g/mol. The van der Waals surface area contributed by atoms with Crippen LogP contribution in [0.25, 0.3) is 0 Å². The van der Waals surface area contributed by atoms with Crippen LogP contribution in [-0.2, 0) is 16.3 Å². The zero-order chi connectivity index (χ0) is 13.2. The smallest absolute Gasteiger partial charge is 0.152 e. The molecule has 1 fully saturated rings. The van der Waals surface area contributed by atoms with Gasteiger partial charge < -0.3 is 5.32 Å². The summed E-state index contributed by atoms with van der Waals surface area (Å²) in [6, 6.07) is 8.19. The molecule has 0 spiro atoms. The van der Waals surface area contributed by atoms with Gasteiger partial charge in [-0.1, -0.05) is 38.1 Å². The fourth-order valence-electron chi connectivity index (χ4n) is 2.42. The van der Waals surface area contributed by atoms with Crippen LogP contribution in [0.3, 0.4) is 0 Å². The Morgan fingerprint density at radius 2 is 1.89 bits per heavy atom. The number of sulfone groups is 1. The molecule has 1 heterocycles. The fraction of sp³-hybridized carbons (Fsp3) is 0.571. The Kier molecular flexibility index (Phi) is 4.07. The van der Waals surface area contributed by atoms with Gasteiger partial charge in [-0.25, -0.2) is 8.42 Å². The summed E-state index contributed by atoms with van der Waals surface area (Å²) in [7, 11) is -2.94. The zero-order valence-corrected chi connectivity index (χ0v) is 11.8. The van der Waals surface area contributed by atoms with Crippen LogP contribution in [-0.4, -0.2) is 26.5 Å². The zero-order valence-electron chi connectivity index (χ0n) is 11.0. The van der Waals surface area contributed by atoms with Crippen molar-refractivity contribution >= 4 is 9.84 Å². The summed E-state index contributed by atoms with van der Waals surface area (Å²) in [5.74, 6) is 0.696. The van der Waals surface area contributed by atoms with Crippen molar-refractivity contribution in [2.45, 2.75) is 26.3 Å². The van der Waals surface area contributed by atoms with Gasteiger partial charge in [-0.3, -0.25) is 0 Å². The van der Waals surface area contributed by atoms with Crippen LogP contribution in [0.15, 0.2) is 24.3 Å². The van der Waals surface area contributed by atoms with Gasteiger partial charge in [0.25, 0.3) is 0 Å². The largest absolute Gasteiger partial charge is 0.309 e.